The predicted molar refractivity (Wildman–Crippen MR) is 121 cm³/mol. The van der Waals surface area contributed by atoms with Gasteiger partial charge in [-0.05, 0) is 42.5 Å². The first kappa shape index (κ1) is 22.2. The lowest BCUT2D eigenvalue weighted by Crippen LogP contribution is -2.28. The monoisotopic (exact) mass is 441 g/mol. The number of benzene rings is 2. The van der Waals surface area contributed by atoms with Crippen molar-refractivity contribution in [1.29, 1.82) is 0 Å². The summed E-state index contributed by atoms with van der Waals surface area (Å²) in [5.74, 6) is -2.73. The summed E-state index contributed by atoms with van der Waals surface area (Å²) in [6.45, 7) is 3.33. The zero-order valence-corrected chi connectivity index (χ0v) is 18.4. The van der Waals surface area contributed by atoms with Crippen LogP contribution in [0.2, 0.25) is 0 Å². The quantitative estimate of drug-likeness (QED) is 0.453. The molecule has 1 heterocycles. The van der Waals surface area contributed by atoms with Crippen LogP contribution in [0.1, 0.15) is 67.4 Å². The summed E-state index contributed by atoms with van der Waals surface area (Å²) in [5, 5.41) is 12.9. The number of halogens is 2. The molecule has 1 aliphatic carbocycles. The Morgan fingerprint density at radius 3 is 2.75 bits per heavy atom. The van der Waals surface area contributed by atoms with E-state index in [-0.39, 0.29) is 23.7 Å². The van der Waals surface area contributed by atoms with Gasteiger partial charge in [-0.15, -0.1) is 0 Å². The summed E-state index contributed by atoms with van der Waals surface area (Å²) in [6, 6.07) is 11.6. The summed E-state index contributed by atoms with van der Waals surface area (Å²) < 4.78 is 30.4. The van der Waals surface area contributed by atoms with Gasteiger partial charge in [-0.25, -0.2) is 18.6 Å². The molecule has 32 heavy (non-hydrogen) atoms. The van der Waals surface area contributed by atoms with Crippen LogP contribution in [0.25, 0.3) is 11.0 Å². The number of aromatic nitrogens is 2. The van der Waals surface area contributed by atoms with Gasteiger partial charge in [0, 0.05) is 18.5 Å². The van der Waals surface area contributed by atoms with Crippen molar-refractivity contribution < 1.29 is 18.7 Å². The lowest BCUT2D eigenvalue weighted by atomic mass is 9.84. The summed E-state index contributed by atoms with van der Waals surface area (Å²) in [7, 11) is 0. The van der Waals surface area contributed by atoms with E-state index < -0.39 is 11.9 Å². The first-order valence-corrected chi connectivity index (χ1v) is 11.2. The minimum Gasteiger partial charge on any atom is -0.478 e. The molecule has 0 spiro atoms. The summed E-state index contributed by atoms with van der Waals surface area (Å²) in [5.41, 5.74) is 1.90. The van der Waals surface area contributed by atoms with Crippen molar-refractivity contribution in [2.24, 2.45) is 5.92 Å². The maximum absolute atomic E-state index is 14.2. The van der Waals surface area contributed by atoms with E-state index in [1.165, 1.54) is 24.6 Å². The van der Waals surface area contributed by atoms with Gasteiger partial charge in [0.2, 0.25) is 5.95 Å². The van der Waals surface area contributed by atoms with Crippen molar-refractivity contribution in [3.8, 4) is 0 Å². The number of carboxylic acids is 1. The number of imidazole rings is 1. The maximum Gasteiger partial charge on any atom is 0.335 e. The third kappa shape index (κ3) is 4.61. The third-order valence-electron chi connectivity index (χ3n) is 6.51. The van der Waals surface area contributed by atoms with E-state index in [1.807, 2.05) is 4.57 Å². The molecule has 5 nitrogen and oxygen atoms in total. The molecule has 1 saturated carbocycles. The van der Waals surface area contributed by atoms with E-state index >= 15 is 0 Å². The zero-order chi connectivity index (χ0) is 22.9. The number of rotatable bonds is 7. The van der Waals surface area contributed by atoms with Crippen molar-refractivity contribution in [3.63, 3.8) is 0 Å². The molecule has 7 heteroatoms. The molecule has 0 saturated heterocycles. The average molecular weight is 442 g/mol. The van der Waals surface area contributed by atoms with E-state index in [1.54, 1.807) is 24.3 Å². The van der Waals surface area contributed by atoms with Crippen molar-refractivity contribution in [2.45, 2.75) is 64.5 Å². The number of aromatic carboxylic acids is 1. The fraction of sp³-hybridized carbons (Fsp3) is 0.440. The van der Waals surface area contributed by atoms with Gasteiger partial charge >= 0.3 is 5.97 Å². The second-order valence-corrected chi connectivity index (χ2v) is 8.86. The Kier molecular flexibility index (Phi) is 6.17. The van der Waals surface area contributed by atoms with Gasteiger partial charge in [0.25, 0.3) is 5.92 Å². The minimum absolute atomic E-state index is 0.0151. The molecule has 4 rings (SSSR count). The second kappa shape index (κ2) is 8.88. The highest BCUT2D eigenvalue weighted by Gasteiger charge is 2.28. The fourth-order valence-corrected chi connectivity index (χ4v) is 4.77. The summed E-state index contributed by atoms with van der Waals surface area (Å²) in [4.78, 5) is 16.1. The number of carbonyl (C=O) groups is 1. The molecule has 170 valence electrons. The van der Waals surface area contributed by atoms with Crippen LogP contribution in [0, 0.1) is 5.92 Å². The van der Waals surface area contributed by atoms with Gasteiger partial charge in [-0.3, -0.25) is 0 Å². The predicted octanol–water partition coefficient (Wildman–Crippen LogP) is 6.28. The highest BCUT2D eigenvalue weighted by Crippen LogP contribution is 2.33. The number of carboxylic acid groups (broad SMARTS) is 1. The summed E-state index contributed by atoms with van der Waals surface area (Å²) in [6.07, 6.45) is 5.58. The molecule has 0 amide bonds. The highest BCUT2D eigenvalue weighted by atomic mass is 19.3. The Morgan fingerprint density at radius 1 is 1.25 bits per heavy atom. The zero-order valence-electron chi connectivity index (χ0n) is 18.4. The van der Waals surface area contributed by atoms with Crippen LogP contribution < -0.4 is 5.32 Å². The number of hydrogen-bond acceptors (Lipinski definition) is 3. The minimum atomic E-state index is -2.96. The van der Waals surface area contributed by atoms with Crippen LogP contribution in [0.3, 0.4) is 0 Å². The molecule has 2 N–H and O–H groups in total. The molecule has 1 fully saturated rings. The number of hydrogen-bond donors (Lipinski definition) is 2. The molecular formula is C25H29F2N3O2. The van der Waals surface area contributed by atoms with Crippen LogP contribution in [0.5, 0.6) is 0 Å². The standard InChI is InChI=1S/C25H29F2N3O2/c1-3-16-7-6-9-19(13-16)28-24-29-21-14-17(23(31)32)11-12-22(21)30(24)15-18-8-4-5-10-20(18)25(2,26)27/h4-5,8,10-12,14,16,19H,3,6-7,9,13,15H2,1-2H3,(H,28,29)(H,31,32)/t16?,19-/m0/s1. The Bertz CT molecular complexity index is 1120. The Labute approximate surface area is 186 Å². The maximum atomic E-state index is 14.2. The molecule has 1 unspecified atom stereocenters. The number of fused-ring (bicyclic) bond motifs is 1. The topological polar surface area (TPSA) is 67.2 Å². The van der Waals surface area contributed by atoms with Crippen molar-refractivity contribution >= 4 is 23.0 Å². The second-order valence-electron chi connectivity index (χ2n) is 8.86. The molecule has 3 aromatic rings. The largest absolute Gasteiger partial charge is 0.478 e. The summed E-state index contributed by atoms with van der Waals surface area (Å²) >= 11 is 0. The lowest BCUT2D eigenvalue weighted by molar-refractivity contribution is 0.0164. The normalized spacial score (nSPS) is 19.2. The Hall–Kier alpha value is -2.96. The average Bonchev–Trinajstić information content (AvgIpc) is 3.09. The first-order chi connectivity index (χ1) is 15.3. The SMILES string of the molecule is CCC1CCC[C@H](Nc2nc3cc(C(=O)O)ccc3n2Cc2ccccc2C(C)(F)F)C1. The van der Waals surface area contributed by atoms with Crippen LogP contribution in [-0.4, -0.2) is 26.7 Å². The molecule has 2 atom stereocenters. The lowest BCUT2D eigenvalue weighted by Gasteiger charge is -2.29. The van der Waals surface area contributed by atoms with Gasteiger partial charge in [-0.1, -0.05) is 50.5 Å². The van der Waals surface area contributed by atoms with Crippen LogP contribution in [0.15, 0.2) is 42.5 Å². The highest BCUT2D eigenvalue weighted by molar-refractivity contribution is 5.93. The molecule has 1 aliphatic rings. The smallest absolute Gasteiger partial charge is 0.335 e. The van der Waals surface area contributed by atoms with Gasteiger partial charge < -0.3 is 15.0 Å². The molecule has 0 radical (unpaired) electrons. The molecule has 1 aromatic heterocycles. The van der Waals surface area contributed by atoms with E-state index in [2.05, 4.69) is 17.2 Å². The molecule has 0 bridgehead atoms. The Morgan fingerprint density at radius 2 is 2.03 bits per heavy atom. The molecule has 0 aliphatic heterocycles. The van der Waals surface area contributed by atoms with Crippen LogP contribution >= 0.6 is 0 Å². The van der Waals surface area contributed by atoms with Gasteiger partial charge in [-0.2, -0.15) is 0 Å². The number of anilines is 1. The van der Waals surface area contributed by atoms with Crippen molar-refractivity contribution in [1.82, 2.24) is 9.55 Å². The van der Waals surface area contributed by atoms with E-state index in [9.17, 15) is 18.7 Å². The van der Waals surface area contributed by atoms with Crippen molar-refractivity contribution in [3.05, 3.63) is 59.2 Å². The van der Waals surface area contributed by atoms with Crippen molar-refractivity contribution in [2.75, 3.05) is 5.32 Å². The molecule has 2 aromatic carbocycles. The first-order valence-electron chi connectivity index (χ1n) is 11.2. The van der Waals surface area contributed by atoms with Gasteiger partial charge in [0.15, 0.2) is 0 Å². The van der Waals surface area contributed by atoms with Gasteiger partial charge in [0.1, 0.15) is 0 Å². The number of alkyl halides is 2. The number of nitrogens with zero attached hydrogens (tertiary/aromatic N) is 2. The van der Waals surface area contributed by atoms with Crippen LogP contribution in [0.4, 0.5) is 14.7 Å². The van der Waals surface area contributed by atoms with Crippen LogP contribution in [-0.2, 0) is 12.5 Å². The molecular weight excluding hydrogens is 412 g/mol. The van der Waals surface area contributed by atoms with Gasteiger partial charge in [0.05, 0.1) is 23.1 Å². The van der Waals surface area contributed by atoms with E-state index in [0.29, 0.717) is 22.9 Å². The Balaban J connectivity index is 1.76. The number of nitrogens with one attached hydrogen (secondary N) is 1. The van der Waals surface area contributed by atoms with E-state index in [4.69, 9.17) is 0 Å². The fourth-order valence-electron chi connectivity index (χ4n) is 4.77. The third-order valence-corrected chi connectivity index (χ3v) is 6.51. The van der Waals surface area contributed by atoms with E-state index in [0.717, 1.165) is 38.1 Å².